The second kappa shape index (κ2) is 8.98. The summed E-state index contributed by atoms with van der Waals surface area (Å²) in [5, 5.41) is 11.4. The zero-order valence-corrected chi connectivity index (χ0v) is 14.8. The molecule has 0 aliphatic carbocycles. The maximum absolute atomic E-state index is 13.4. The van der Waals surface area contributed by atoms with Crippen LogP contribution in [0.3, 0.4) is 0 Å². The van der Waals surface area contributed by atoms with Crippen LogP contribution in [0.15, 0.2) is 36.4 Å². The summed E-state index contributed by atoms with van der Waals surface area (Å²) in [7, 11) is 0. The molecule has 2 aromatic rings. The third kappa shape index (κ3) is 5.40. The van der Waals surface area contributed by atoms with Gasteiger partial charge < -0.3 is 19.9 Å². The van der Waals surface area contributed by atoms with Gasteiger partial charge in [-0.1, -0.05) is 6.07 Å². The smallest absolute Gasteiger partial charge is 0.341 e. The van der Waals surface area contributed by atoms with Crippen molar-refractivity contribution in [2.75, 3.05) is 13.2 Å². The first-order valence-corrected chi connectivity index (χ1v) is 8.19. The van der Waals surface area contributed by atoms with Crippen LogP contribution in [0.25, 0.3) is 0 Å². The lowest BCUT2D eigenvalue weighted by molar-refractivity contribution is -0.139. The Morgan fingerprint density at radius 3 is 2.44 bits per heavy atom. The van der Waals surface area contributed by atoms with E-state index in [1.165, 1.54) is 24.3 Å². The van der Waals surface area contributed by atoms with Gasteiger partial charge >= 0.3 is 5.97 Å². The first-order chi connectivity index (χ1) is 12.8. The first kappa shape index (κ1) is 20.2. The molecular weight excluding hydrogens is 360 g/mol. The Morgan fingerprint density at radius 2 is 1.81 bits per heavy atom. The SMILES string of the molecule is CCOc1cc(C(=O)NC(C)c2ccc(F)c(F)c2)ccc1OCC(=O)O. The molecule has 0 heterocycles. The highest BCUT2D eigenvalue weighted by molar-refractivity contribution is 5.95. The Bertz CT molecular complexity index is 841. The van der Waals surface area contributed by atoms with Crippen molar-refractivity contribution < 1.29 is 33.0 Å². The topological polar surface area (TPSA) is 84.9 Å². The summed E-state index contributed by atoms with van der Waals surface area (Å²) < 4.78 is 36.9. The van der Waals surface area contributed by atoms with Crippen LogP contribution >= 0.6 is 0 Å². The largest absolute Gasteiger partial charge is 0.490 e. The molecule has 2 aromatic carbocycles. The van der Waals surface area contributed by atoms with Gasteiger partial charge in [-0.25, -0.2) is 13.6 Å². The molecule has 27 heavy (non-hydrogen) atoms. The Hall–Kier alpha value is -3.16. The maximum atomic E-state index is 13.4. The fraction of sp³-hybridized carbons (Fsp3) is 0.263. The number of halogens is 2. The predicted molar refractivity (Wildman–Crippen MR) is 93.0 cm³/mol. The van der Waals surface area contributed by atoms with Crippen molar-refractivity contribution >= 4 is 11.9 Å². The average molecular weight is 379 g/mol. The van der Waals surface area contributed by atoms with Crippen molar-refractivity contribution in [2.45, 2.75) is 19.9 Å². The summed E-state index contributed by atoms with van der Waals surface area (Å²) in [4.78, 5) is 23.1. The van der Waals surface area contributed by atoms with Crippen LogP contribution in [-0.2, 0) is 4.79 Å². The fourth-order valence-corrected chi connectivity index (χ4v) is 2.32. The van der Waals surface area contributed by atoms with Crippen molar-refractivity contribution in [3.63, 3.8) is 0 Å². The second-order valence-electron chi connectivity index (χ2n) is 5.65. The molecule has 0 aliphatic heterocycles. The quantitative estimate of drug-likeness (QED) is 0.735. The summed E-state index contributed by atoms with van der Waals surface area (Å²) in [6.45, 7) is 3.12. The molecule has 1 unspecified atom stereocenters. The van der Waals surface area contributed by atoms with E-state index < -0.39 is 36.2 Å². The molecule has 144 valence electrons. The molecule has 2 rings (SSSR count). The van der Waals surface area contributed by atoms with Crippen LogP contribution in [0.2, 0.25) is 0 Å². The van der Waals surface area contributed by atoms with E-state index in [0.29, 0.717) is 12.2 Å². The van der Waals surface area contributed by atoms with Gasteiger partial charge in [-0.15, -0.1) is 0 Å². The van der Waals surface area contributed by atoms with Crippen molar-refractivity contribution in [3.8, 4) is 11.5 Å². The molecule has 0 aliphatic rings. The van der Waals surface area contributed by atoms with Gasteiger partial charge in [0.25, 0.3) is 5.91 Å². The maximum Gasteiger partial charge on any atom is 0.341 e. The van der Waals surface area contributed by atoms with E-state index >= 15 is 0 Å². The Balaban J connectivity index is 2.15. The highest BCUT2D eigenvalue weighted by Gasteiger charge is 2.16. The van der Waals surface area contributed by atoms with E-state index in [9.17, 15) is 18.4 Å². The lowest BCUT2D eigenvalue weighted by atomic mass is 10.1. The molecule has 0 spiro atoms. The van der Waals surface area contributed by atoms with Gasteiger partial charge in [0.2, 0.25) is 0 Å². The number of hydrogen-bond acceptors (Lipinski definition) is 4. The number of rotatable bonds is 8. The molecule has 0 saturated carbocycles. The standard InChI is InChI=1S/C19H19F2NO5/c1-3-26-17-9-13(5-7-16(17)27-10-18(23)24)19(25)22-11(2)12-4-6-14(20)15(21)8-12/h4-9,11H,3,10H2,1-2H3,(H,22,25)(H,23,24). The molecule has 1 atom stereocenters. The van der Waals surface area contributed by atoms with E-state index in [-0.39, 0.29) is 17.1 Å². The molecule has 0 bridgehead atoms. The molecule has 0 aromatic heterocycles. The molecular formula is C19H19F2NO5. The van der Waals surface area contributed by atoms with Crippen molar-refractivity contribution in [1.82, 2.24) is 5.32 Å². The number of carbonyl (C=O) groups excluding carboxylic acids is 1. The number of carbonyl (C=O) groups is 2. The zero-order valence-electron chi connectivity index (χ0n) is 14.8. The lowest BCUT2D eigenvalue weighted by Gasteiger charge is -2.16. The molecule has 8 heteroatoms. The number of carboxylic acid groups (broad SMARTS) is 1. The Labute approximate surface area is 154 Å². The van der Waals surface area contributed by atoms with Gasteiger partial charge in [-0.05, 0) is 49.7 Å². The minimum Gasteiger partial charge on any atom is -0.490 e. The van der Waals surface area contributed by atoms with Crippen LogP contribution in [0, 0.1) is 11.6 Å². The number of benzene rings is 2. The summed E-state index contributed by atoms with van der Waals surface area (Å²) in [6, 6.07) is 7.15. The highest BCUT2D eigenvalue weighted by atomic mass is 19.2. The van der Waals surface area contributed by atoms with Crippen molar-refractivity contribution in [1.29, 1.82) is 0 Å². The van der Waals surface area contributed by atoms with Crippen LogP contribution in [0.1, 0.15) is 35.8 Å². The summed E-state index contributed by atoms with van der Waals surface area (Å²) in [5.41, 5.74) is 0.657. The Kier molecular flexibility index (Phi) is 6.70. The molecule has 2 N–H and O–H groups in total. The van der Waals surface area contributed by atoms with Gasteiger partial charge in [0, 0.05) is 5.56 Å². The van der Waals surface area contributed by atoms with Crippen molar-refractivity contribution in [2.24, 2.45) is 0 Å². The molecule has 6 nitrogen and oxygen atoms in total. The van der Waals surface area contributed by atoms with Gasteiger partial charge in [0.15, 0.2) is 29.7 Å². The number of amides is 1. The van der Waals surface area contributed by atoms with Crippen molar-refractivity contribution in [3.05, 3.63) is 59.2 Å². The third-order valence-corrected chi connectivity index (χ3v) is 3.65. The minimum absolute atomic E-state index is 0.199. The second-order valence-corrected chi connectivity index (χ2v) is 5.65. The summed E-state index contributed by atoms with van der Waals surface area (Å²) >= 11 is 0. The Morgan fingerprint density at radius 1 is 1.07 bits per heavy atom. The fourth-order valence-electron chi connectivity index (χ4n) is 2.32. The number of nitrogens with one attached hydrogen (secondary N) is 1. The van der Waals surface area contributed by atoms with E-state index in [1.54, 1.807) is 13.8 Å². The third-order valence-electron chi connectivity index (χ3n) is 3.65. The molecule has 1 amide bonds. The predicted octanol–water partition coefficient (Wildman–Crippen LogP) is 3.32. The minimum atomic E-state index is -1.14. The monoisotopic (exact) mass is 379 g/mol. The van der Waals surface area contributed by atoms with Crippen LogP contribution < -0.4 is 14.8 Å². The first-order valence-electron chi connectivity index (χ1n) is 8.19. The van der Waals surface area contributed by atoms with E-state index in [0.717, 1.165) is 12.1 Å². The summed E-state index contributed by atoms with van der Waals surface area (Å²) in [5.74, 6) is -3.13. The molecule has 0 fully saturated rings. The van der Waals surface area contributed by atoms with Gasteiger partial charge in [-0.2, -0.15) is 0 Å². The van der Waals surface area contributed by atoms with Gasteiger partial charge in [0.05, 0.1) is 12.6 Å². The van der Waals surface area contributed by atoms with Gasteiger partial charge in [-0.3, -0.25) is 4.79 Å². The van der Waals surface area contributed by atoms with Crippen LogP contribution in [-0.4, -0.2) is 30.2 Å². The van der Waals surface area contributed by atoms with E-state index in [4.69, 9.17) is 14.6 Å². The lowest BCUT2D eigenvalue weighted by Crippen LogP contribution is -2.26. The van der Waals surface area contributed by atoms with Crippen LogP contribution in [0.5, 0.6) is 11.5 Å². The summed E-state index contributed by atoms with van der Waals surface area (Å²) in [6.07, 6.45) is 0. The van der Waals surface area contributed by atoms with E-state index in [2.05, 4.69) is 5.32 Å². The normalized spacial score (nSPS) is 11.6. The van der Waals surface area contributed by atoms with E-state index in [1.807, 2.05) is 0 Å². The molecule has 0 saturated heterocycles. The number of ether oxygens (including phenoxy) is 2. The number of aliphatic carboxylic acids is 1. The number of hydrogen-bond donors (Lipinski definition) is 2. The molecule has 0 radical (unpaired) electrons. The highest BCUT2D eigenvalue weighted by Crippen LogP contribution is 2.29. The zero-order chi connectivity index (χ0) is 20.0. The van der Waals surface area contributed by atoms with Crippen LogP contribution in [0.4, 0.5) is 8.78 Å². The van der Waals surface area contributed by atoms with Gasteiger partial charge in [0.1, 0.15) is 0 Å². The average Bonchev–Trinajstić information content (AvgIpc) is 2.62. The number of carboxylic acids is 1.